The molecular weight excluding hydrogens is 574 g/mol. The lowest BCUT2D eigenvalue weighted by molar-refractivity contribution is -0.140. The van der Waals surface area contributed by atoms with Crippen LogP contribution in [0.5, 0.6) is 5.75 Å². The third-order valence-electron chi connectivity index (χ3n) is 10.2. The van der Waals surface area contributed by atoms with E-state index in [0.29, 0.717) is 24.4 Å². The highest BCUT2D eigenvalue weighted by atomic mass is 32.2. The molecule has 0 spiro atoms. The smallest absolute Gasteiger partial charge is 0.244 e. The van der Waals surface area contributed by atoms with Crippen molar-refractivity contribution in [1.29, 1.82) is 0 Å². The number of carbonyl (C=O) groups is 2. The first-order valence-electron chi connectivity index (χ1n) is 16.3. The summed E-state index contributed by atoms with van der Waals surface area (Å²) >= 11 is 0. The standard InChI is InChI=1S/C35H49N3O5S/c1-5-7-15-36-34(40)32(6-2)37(23-25-9-8-10-31(19-25)43-3)33(39)24-38(44(4,41)42)30-13-11-29(12-14-30)35-20-26-16-27(21-35)18-28(17-26)22-35/h8-14,19,26-28,32H,5-7,15-18,20-24H2,1-4H3,(H,36,40)/t26?,27?,28?,32-,35?/m1/s1. The Labute approximate surface area is 263 Å². The summed E-state index contributed by atoms with van der Waals surface area (Å²) in [5.41, 5.74) is 2.76. The van der Waals surface area contributed by atoms with Gasteiger partial charge in [0, 0.05) is 13.1 Å². The second kappa shape index (κ2) is 13.5. The summed E-state index contributed by atoms with van der Waals surface area (Å²) in [6.07, 6.45) is 11.1. The molecule has 0 saturated heterocycles. The van der Waals surface area contributed by atoms with E-state index in [4.69, 9.17) is 4.74 Å². The largest absolute Gasteiger partial charge is 0.497 e. The molecular formula is C35H49N3O5S. The van der Waals surface area contributed by atoms with Gasteiger partial charge in [-0.1, -0.05) is 44.5 Å². The molecule has 0 radical (unpaired) electrons. The van der Waals surface area contributed by atoms with Gasteiger partial charge < -0.3 is 15.0 Å². The average Bonchev–Trinajstić information content (AvgIpc) is 2.99. The third kappa shape index (κ3) is 7.08. The molecule has 4 saturated carbocycles. The number of nitrogens with one attached hydrogen (secondary N) is 1. The zero-order chi connectivity index (χ0) is 31.5. The van der Waals surface area contributed by atoms with Gasteiger partial charge in [0.05, 0.1) is 19.1 Å². The van der Waals surface area contributed by atoms with Crippen molar-refractivity contribution in [3.8, 4) is 5.75 Å². The Morgan fingerprint density at radius 3 is 2.18 bits per heavy atom. The van der Waals surface area contributed by atoms with Gasteiger partial charge in [0.25, 0.3) is 0 Å². The van der Waals surface area contributed by atoms with Crippen LogP contribution in [-0.4, -0.2) is 57.6 Å². The second-order valence-electron chi connectivity index (χ2n) is 13.5. The van der Waals surface area contributed by atoms with E-state index in [9.17, 15) is 18.0 Å². The molecule has 0 heterocycles. The Bertz CT molecular complexity index is 1390. The van der Waals surface area contributed by atoms with Crippen molar-refractivity contribution in [1.82, 2.24) is 10.2 Å². The number of carbonyl (C=O) groups excluding carboxylic acids is 2. The summed E-state index contributed by atoms with van der Waals surface area (Å²) in [6.45, 7) is 4.21. The van der Waals surface area contributed by atoms with Crippen LogP contribution in [-0.2, 0) is 31.6 Å². The van der Waals surface area contributed by atoms with Gasteiger partial charge in [-0.2, -0.15) is 0 Å². The molecule has 9 heteroatoms. The monoisotopic (exact) mass is 623 g/mol. The van der Waals surface area contributed by atoms with Gasteiger partial charge in [-0.25, -0.2) is 8.42 Å². The van der Waals surface area contributed by atoms with Crippen molar-refractivity contribution in [2.75, 3.05) is 30.8 Å². The Balaban J connectivity index is 1.39. The first kappa shape index (κ1) is 32.3. The van der Waals surface area contributed by atoms with Crippen LogP contribution in [0.15, 0.2) is 48.5 Å². The summed E-state index contributed by atoms with van der Waals surface area (Å²) < 4.78 is 32.9. The van der Waals surface area contributed by atoms with Crippen LogP contribution in [0.25, 0.3) is 0 Å². The van der Waals surface area contributed by atoms with Gasteiger partial charge in [0.1, 0.15) is 18.3 Å². The fraction of sp³-hybridized carbons (Fsp3) is 0.600. The zero-order valence-electron chi connectivity index (χ0n) is 26.8. The van der Waals surface area contributed by atoms with Crippen molar-refractivity contribution in [2.24, 2.45) is 17.8 Å². The van der Waals surface area contributed by atoms with Crippen molar-refractivity contribution >= 4 is 27.5 Å². The van der Waals surface area contributed by atoms with Crippen molar-refractivity contribution in [3.63, 3.8) is 0 Å². The Morgan fingerprint density at radius 2 is 1.64 bits per heavy atom. The zero-order valence-corrected chi connectivity index (χ0v) is 27.6. The van der Waals surface area contributed by atoms with Crippen LogP contribution >= 0.6 is 0 Å². The number of hydrogen-bond donors (Lipinski definition) is 1. The SMILES string of the molecule is CCCCNC(=O)[C@@H](CC)N(Cc1cccc(OC)c1)C(=O)CN(c1ccc(C23CC4CC(CC(C4)C2)C3)cc1)S(C)(=O)=O. The van der Waals surface area contributed by atoms with Gasteiger partial charge in [-0.3, -0.25) is 13.9 Å². The summed E-state index contributed by atoms with van der Waals surface area (Å²) in [5, 5.41) is 2.96. The summed E-state index contributed by atoms with van der Waals surface area (Å²) in [7, 11) is -2.21. The number of sulfonamides is 1. The number of amides is 2. The lowest BCUT2D eigenvalue weighted by Gasteiger charge is -2.57. The Hall–Kier alpha value is -3.07. The molecule has 1 N–H and O–H groups in total. The average molecular weight is 624 g/mol. The van der Waals surface area contributed by atoms with Crippen molar-refractivity contribution in [2.45, 2.75) is 89.6 Å². The molecule has 0 unspecified atom stereocenters. The van der Waals surface area contributed by atoms with Gasteiger partial charge in [0.2, 0.25) is 21.8 Å². The van der Waals surface area contributed by atoms with E-state index in [1.807, 2.05) is 43.3 Å². The fourth-order valence-corrected chi connectivity index (χ4v) is 9.30. The molecule has 8 nitrogen and oxygen atoms in total. The van der Waals surface area contributed by atoms with Gasteiger partial charge in [-0.05, 0) is 110 Å². The van der Waals surface area contributed by atoms with E-state index >= 15 is 0 Å². The van der Waals surface area contributed by atoms with Crippen LogP contribution in [0.4, 0.5) is 5.69 Å². The number of benzene rings is 2. The Morgan fingerprint density at radius 1 is 1.00 bits per heavy atom. The molecule has 44 heavy (non-hydrogen) atoms. The van der Waals surface area contributed by atoms with Gasteiger partial charge in [0.15, 0.2) is 0 Å². The topological polar surface area (TPSA) is 96.0 Å². The van der Waals surface area contributed by atoms with Gasteiger partial charge >= 0.3 is 0 Å². The normalized spacial score (nSPS) is 24.5. The number of ether oxygens (including phenoxy) is 1. The molecule has 0 aliphatic heterocycles. The lowest BCUT2D eigenvalue weighted by atomic mass is 9.48. The molecule has 4 aliphatic carbocycles. The number of unbranched alkanes of at least 4 members (excludes halogenated alkanes) is 1. The van der Waals surface area contributed by atoms with Crippen LogP contribution < -0.4 is 14.4 Å². The third-order valence-corrected chi connectivity index (χ3v) is 11.3. The summed E-state index contributed by atoms with van der Waals surface area (Å²) in [4.78, 5) is 28.9. The lowest BCUT2D eigenvalue weighted by Crippen LogP contribution is -2.52. The molecule has 4 fully saturated rings. The maximum atomic E-state index is 14.1. The predicted octanol–water partition coefficient (Wildman–Crippen LogP) is 5.65. The molecule has 4 bridgehead atoms. The number of anilines is 1. The molecule has 2 amide bonds. The van der Waals surface area contributed by atoms with Crippen molar-refractivity contribution in [3.05, 3.63) is 59.7 Å². The number of rotatable bonds is 14. The minimum atomic E-state index is -3.79. The van der Waals surface area contributed by atoms with E-state index in [2.05, 4.69) is 24.4 Å². The highest BCUT2D eigenvalue weighted by molar-refractivity contribution is 7.92. The predicted molar refractivity (Wildman–Crippen MR) is 174 cm³/mol. The van der Waals surface area contributed by atoms with Crippen LogP contribution in [0.1, 0.15) is 82.8 Å². The minimum absolute atomic E-state index is 0.151. The first-order valence-corrected chi connectivity index (χ1v) is 18.2. The Kier molecular flexibility index (Phi) is 9.93. The van der Waals surface area contributed by atoms with E-state index in [0.717, 1.165) is 42.4 Å². The fourth-order valence-electron chi connectivity index (χ4n) is 8.45. The molecule has 2 aromatic rings. The number of methoxy groups -OCH3 is 1. The maximum Gasteiger partial charge on any atom is 0.244 e. The van der Waals surface area contributed by atoms with Crippen LogP contribution in [0, 0.1) is 17.8 Å². The van der Waals surface area contributed by atoms with E-state index < -0.39 is 28.5 Å². The van der Waals surface area contributed by atoms with E-state index in [-0.39, 0.29) is 17.9 Å². The first-order chi connectivity index (χ1) is 21.0. The highest BCUT2D eigenvalue weighted by Gasteiger charge is 2.51. The maximum absolute atomic E-state index is 14.1. The quantitative estimate of drug-likeness (QED) is 0.274. The van der Waals surface area contributed by atoms with Crippen molar-refractivity contribution < 1.29 is 22.7 Å². The minimum Gasteiger partial charge on any atom is -0.497 e. The summed E-state index contributed by atoms with van der Waals surface area (Å²) in [5.74, 6) is 2.42. The van der Waals surface area contributed by atoms with E-state index in [1.54, 1.807) is 7.11 Å². The van der Waals surface area contributed by atoms with Crippen LogP contribution in [0.3, 0.4) is 0 Å². The van der Waals surface area contributed by atoms with E-state index in [1.165, 1.54) is 53.3 Å². The molecule has 2 aromatic carbocycles. The number of nitrogens with zero attached hydrogens (tertiary/aromatic N) is 2. The van der Waals surface area contributed by atoms with Crippen LogP contribution in [0.2, 0.25) is 0 Å². The molecule has 240 valence electrons. The number of hydrogen-bond acceptors (Lipinski definition) is 5. The highest BCUT2D eigenvalue weighted by Crippen LogP contribution is 2.60. The molecule has 4 aliphatic rings. The molecule has 6 rings (SSSR count). The molecule has 1 atom stereocenters. The van der Waals surface area contributed by atoms with Gasteiger partial charge in [-0.15, -0.1) is 0 Å². The molecule has 0 aromatic heterocycles. The second-order valence-corrected chi connectivity index (χ2v) is 15.4. The summed E-state index contributed by atoms with van der Waals surface area (Å²) in [6, 6.07) is 14.5.